The van der Waals surface area contributed by atoms with Crippen LogP contribution in [0.3, 0.4) is 0 Å². The molecule has 3 amide bonds. The van der Waals surface area contributed by atoms with Gasteiger partial charge in [-0.3, -0.25) is 24.2 Å². The monoisotopic (exact) mass is 477 g/mol. The Morgan fingerprint density at radius 3 is 1.97 bits per heavy atom. The second kappa shape index (κ2) is 14.5. The molecule has 0 aliphatic carbocycles. The maximum atomic E-state index is 12.7. The molecule has 16 heteroatoms. The van der Waals surface area contributed by atoms with Crippen molar-refractivity contribution < 1.29 is 44.4 Å². The molecule has 0 radical (unpaired) electrons. The summed E-state index contributed by atoms with van der Waals surface area (Å²) in [6.07, 6.45) is -2.29. The highest BCUT2D eigenvalue weighted by molar-refractivity contribution is 5.94. The molecule has 16 nitrogen and oxygen atoms in total. The van der Waals surface area contributed by atoms with Crippen LogP contribution in [0, 0.1) is 0 Å². The maximum absolute atomic E-state index is 12.7. The molecule has 188 valence electrons. The van der Waals surface area contributed by atoms with E-state index in [1.165, 1.54) is 0 Å². The van der Waals surface area contributed by atoms with Gasteiger partial charge in [-0.15, -0.1) is 0 Å². The molecule has 0 saturated heterocycles. The number of nitrogens with two attached hydrogens (primary N) is 3. The zero-order valence-electron chi connectivity index (χ0n) is 17.9. The Labute approximate surface area is 188 Å². The van der Waals surface area contributed by atoms with Crippen LogP contribution in [0.1, 0.15) is 26.2 Å². The first-order valence-corrected chi connectivity index (χ1v) is 9.75. The number of hydrogen-bond acceptors (Lipinski definition) is 9. The number of aliphatic imine (C=N–C) groups is 1. The molecular formula is C17H31N7O9. The number of guanidine groups is 1. The summed E-state index contributed by atoms with van der Waals surface area (Å²) in [6, 6.07) is -6.11. The van der Waals surface area contributed by atoms with E-state index in [9.17, 15) is 29.1 Å². The highest BCUT2D eigenvalue weighted by atomic mass is 16.4. The van der Waals surface area contributed by atoms with Gasteiger partial charge >= 0.3 is 11.9 Å². The summed E-state index contributed by atoms with van der Waals surface area (Å²) in [6.45, 7) is 0.530. The number of aliphatic hydroxyl groups excluding tert-OH is 2. The zero-order valence-corrected chi connectivity index (χ0v) is 17.9. The Bertz CT molecular complexity index is 740. The second-order valence-corrected chi connectivity index (χ2v) is 7.02. The molecule has 0 aromatic carbocycles. The van der Waals surface area contributed by atoms with Crippen LogP contribution in [0.5, 0.6) is 0 Å². The van der Waals surface area contributed by atoms with Crippen LogP contribution in [-0.4, -0.2) is 99.5 Å². The number of amides is 3. The Morgan fingerprint density at radius 2 is 1.52 bits per heavy atom. The van der Waals surface area contributed by atoms with E-state index in [-0.39, 0.29) is 25.3 Å². The highest BCUT2D eigenvalue weighted by Crippen LogP contribution is 2.03. The fourth-order valence-corrected chi connectivity index (χ4v) is 2.43. The fraction of sp³-hybridized carbons (Fsp3) is 0.647. The number of aliphatic carboxylic acids is 2. The average Bonchev–Trinajstić information content (AvgIpc) is 2.71. The molecular weight excluding hydrogens is 446 g/mol. The van der Waals surface area contributed by atoms with Gasteiger partial charge in [-0.25, -0.2) is 4.79 Å². The molecule has 0 aliphatic heterocycles. The summed E-state index contributed by atoms with van der Waals surface area (Å²) < 4.78 is 0. The minimum Gasteiger partial charge on any atom is -0.481 e. The molecule has 33 heavy (non-hydrogen) atoms. The summed E-state index contributed by atoms with van der Waals surface area (Å²) in [5, 5.41) is 43.1. The van der Waals surface area contributed by atoms with Crippen molar-refractivity contribution in [3.63, 3.8) is 0 Å². The molecule has 0 saturated carbocycles. The molecule has 0 aromatic rings. The van der Waals surface area contributed by atoms with Gasteiger partial charge in [-0.1, -0.05) is 0 Å². The van der Waals surface area contributed by atoms with Crippen molar-refractivity contribution in [2.24, 2.45) is 22.2 Å². The van der Waals surface area contributed by atoms with Gasteiger partial charge in [-0.2, -0.15) is 0 Å². The van der Waals surface area contributed by atoms with Gasteiger partial charge in [0.2, 0.25) is 17.7 Å². The first kappa shape index (κ1) is 29.5. The Morgan fingerprint density at radius 1 is 0.939 bits per heavy atom. The van der Waals surface area contributed by atoms with Crippen molar-refractivity contribution in [2.75, 3.05) is 13.2 Å². The van der Waals surface area contributed by atoms with Crippen LogP contribution in [0.15, 0.2) is 4.99 Å². The molecule has 0 aliphatic rings. The molecule has 5 atom stereocenters. The third kappa shape index (κ3) is 11.6. The molecule has 13 N–H and O–H groups in total. The fourth-order valence-electron chi connectivity index (χ4n) is 2.43. The Kier molecular flexibility index (Phi) is 13.0. The zero-order chi connectivity index (χ0) is 25.7. The SMILES string of the molecule is CC(O)C(NC(=O)C(CCCN=C(N)N)NC(=O)C(N)CO)C(=O)NC(CC(=O)O)C(=O)O. The van der Waals surface area contributed by atoms with Crippen molar-refractivity contribution in [3.05, 3.63) is 0 Å². The lowest BCUT2D eigenvalue weighted by Gasteiger charge is -2.26. The third-order valence-corrected chi connectivity index (χ3v) is 4.17. The molecule has 0 bridgehead atoms. The number of carboxylic acid groups (broad SMARTS) is 2. The lowest BCUT2D eigenvalue weighted by atomic mass is 10.1. The van der Waals surface area contributed by atoms with Crippen molar-refractivity contribution in [2.45, 2.75) is 56.5 Å². The van der Waals surface area contributed by atoms with E-state index in [1.807, 2.05) is 5.32 Å². The third-order valence-electron chi connectivity index (χ3n) is 4.17. The van der Waals surface area contributed by atoms with E-state index in [1.54, 1.807) is 0 Å². The smallest absolute Gasteiger partial charge is 0.326 e. The Hall–Kier alpha value is -3.50. The van der Waals surface area contributed by atoms with Gasteiger partial charge in [-0.05, 0) is 19.8 Å². The highest BCUT2D eigenvalue weighted by Gasteiger charge is 2.33. The molecule has 0 rings (SSSR count). The van der Waals surface area contributed by atoms with E-state index in [2.05, 4.69) is 15.6 Å². The molecule has 0 fully saturated rings. The van der Waals surface area contributed by atoms with Crippen LogP contribution in [-0.2, 0) is 24.0 Å². The van der Waals surface area contributed by atoms with Gasteiger partial charge in [0.25, 0.3) is 0 Å². The predicted octanol–water partition coefficient (Wildman–Crippen LogP) is -5.25. The van der Waals surface area contributed by atoms with Crippen molar-refractivity contribution in [1.29, 1.82) is 0 Å². The minimum atomic E-state index is -1.81. The van der Waals surface area contributed by atoms with Gasteiger partial charge in [0.05, 0.1) is 19.1 Å². The molecule has 5 unspecified atom stereocenters. The number of nitrogens with one attached hydrogen (secondary N) is 3. The first-order chi connectivity index (χ1) is 15.3. The van der Waals surface area contributed by atoms with E-state index >= 15 is 0 Å². The van der Waals surface area contributed by atoms with Gasteiger partial charge in [0, 0.05) is 6.54 Å². The number of carboxylic acids is 2. The lowest BCUT2D eigenvalue weighted by Crippen LogP contribution is -2.60. The number of carbonyl (C=O) groups is 5. The van der Waals surface area contributed by atoms with E-state index in [0.717, 1.165) is 6.92 Å². The van der Waals surface area contributed by atoms with Crippen LogP contribution >= 0.6 is 0 Å². The summed E-state index contributed by atoms with van der Waals surface area (Å²) in [7, 11) is 0. The van der Waals surface area contributed by atoms with E-state index in [4.69, 9.17) is 32.5 Å². The Balaban J connectivity index is 5.47. The second-order valence-electron chi connectivity index (χ2n) is 7.02. The van der Waals surface area contributed by atoms with Crippen molar-refractivity contribution in [3.8, 4) is 0 Å². The van der Waals surface area contributed by atoms with Crippen molar-refractivity contribution in [1.82, 2.24) is 16.0 Å². The standard InChI is InChI=1S/C17H31N7O9/c1-7(26)12(15(31)23-10(16(32)33)5-11(27)28)24-14(30)9(3-2-4-21-17(19)20)22-13(29)8(18)6-25/h7-10,12,25-26H,2-6,18H2,1H3,(H,22,29)(H,23,31)(H,24,30)(H,27,28)(H,32,33)(H4,19,20,21). The van der Waals surface area contributed by atoms with Crippen LogP contribution in [0.2, 0.25) is 0 Å². The number of aliphatic hydroxyl groups is 2. The predicted molar refractivity (Wildman–Crippen MR) is 112 cm³/mol. The van der Waals surface area contributed by atoms with Gasteiger partial charge < -0.3 is 53.6 Å². The number of nitrogens with zero attached hydrogens (tertiary/aromatic N) is 1. The summed E-state index contributed by atoms with van der Waals surface area (Å²) in [4.78, 5) is 62.8. The van der Waals surface area contributed by atoms with Crippen LogP contribution in [0.25, 0.3) is 0 Å². The largest absolute Gasteiger partial charge is 0.481 e. The van der Waals surface area contributed by atoms with E-state index in [0.29, 0.717) is 0 Å². The van der Waals surface area contributed by atoms with Crippen LogP contribution < -0.4 is 33.2 Å². The maximum Gasteiger partial charge on any atom is 0.326 e. The molecule has 0 aromatic heterocycles. The quantitative estimate of drug-likeness (QED) is 0.0601. The molecule has 0 heterocycles. The summed E-state index contributed by atoms with van der Waals surface area (Å²) in [5.41, 5.74) is 15.9. The summed E-state index contributed by atoms with van der Waals surface area (Å²) >= 11 is 0. The van der Waals surface area contributed by atoms with Crippen molar-refractivity contribution >= 4 is 35.6 Å². The van der Waals surface area contributed by atoms with Crippen LogP contribution in [0.4, 0.5) is 0 Å². The number of rotatable bonds is 15. The number of carbonyl (C=O) groups excluding carboxylic acids is 3. The van der Waals surface area contributed by atoms with E-state index < -0.39 is 73.0 Å². The normalized spacial score (nSPS) is 15.2. The number of hydrogen-bond donors (Lipinski definition) is 10. The van der Waals surface area contributed by atoms with Gasteiger partial charge in [0.1, 0.15) is 24.2 Å². The minimum absolute atomic E-state index is 0.0303. The first-order valence-electron chi connectivity index (χ1n) is 9.75. The topological polar surface area (TPSA) is 293 Å². The summed E-state index contributed by atoms with van der Waals surface area (Å²) in [5.74, 6) is -6.30. The van der Waals surface area contributed by atoms with Gasteiger partial charge in [0.15, 0.2) is 5.96 Å². The lowest BCUT2D eigenvalue weighted by molar-refractivity contribution is -0.148. The molecule has 0 spiro atoms. The average molecular weight is 477 g/mol.